The summed E-state index contributed by atoms with van der Waals surface area (Å²) in [5.74, 6) is -1.02. The summed E-state index contributed by atoms with van der Waals surface area (Å²) in [6.07, 6.45) is 0. The highest BCUT2D eigenvalue weighted by molar-refractivity contribution is 5.93. The molecule has 0 aliphatic carbocycles. The Hall–Kier alpha value is -2.08. The van der Waals surface area contributed by atoms with Crippen LogP contribution in [0, 0.1) is 0 Å². The highest BCUT2D eigenvalue weighted by atomic mass is 16.4. The number of amides is 2. The van der Waals surface area contributed by atoms with Crippen molar-refractivity contribution in [1.82, 2.24) is 10.2 Å². The van der Waals surface area contributed by atoms with E-state index < -0.39 is 5.97 Å². The molecule has 1 aromatic rings. The molecule has 0 saturated heterocycles. The van der Waals surface area contributed by atoms with E-state index in [4.69, 9.17) is 5.11 Å². The molecule has 0 radical (unpaired) electrons. The van der Waals surface area contributed by atoms with E-state index in [0.717, 1.165) is 6.54 Å². The van der Waals surface area contributed by atoms with Gasteiger partial charge in [-0.05, 0) is 32.3 Å². The molecule has 0 spiro atoms. The molecule has 3 N–H and O–H groups in total. The van der Waals surface area contributed by atoms with Crippen LogP contribution in [0.2, 0.25) is 0 Å². The van der Waals surface area contributed by atoms with Gasteiger partial charge in [-0.25, -0.2) is 9.59 Å². The van der Waals surface area contributed by atoms with Crippen molar-refractivity contribution in [3.05, 3.63) is 29.8 Å². The molecule has 1 rings (SSSR count). The molecule has 98 valence electrons. The molecule has 0 aliphatic heterocycles. The summed E-state index contributed by atoms with van der Waals surface area (Å²) in [7, 11) is 3.83. The Bertz CT molecular complexity index is 432. The van der Waals surface area contributed by atoms with Crippen LogP contribution in [-0.4, -0.2) is 49.2 Å². The number of carbonyl (C=O) groups excluding carboxylic acids is 1. The predicted molar refractivity (Wildman–Crippen MR) is 69.0 cm³/mol. The number of likely N-dealkylation sites (N-methyl/N-ethyl adjacent to an activating group) is 1. The fraction of sp³-hybridized carbons (Fsp3) is 0.333. The van der Waals surface area contributed by atoms with E-state index in [1.54, 1.807) is 12.1 Å². The number of rotatable bonds is 5. The quantitative estimate of drug-likeness (QED) is 0.731. The second-order valence-electron chi connectivity index (χ2n) is 4.07. The maximum Gasteiger partial charge on any atom is 0.335 e. The molecule has 0 bridgehead atoms. The molecule has 0 aliphatic rings. The molecule has 0 unspecified atom stereocenters. The van der Waals surface area contributed by atoms with E-state index in [2.05, 4.69) is 10.6 Å². The van der Waals surface area contributed by atoms with E-state index in [9.17, 15) is 9.59 Å². The lowest BCUT2D eigenvalue weighted by atomic mass is 10.2. The first kappa shape index (κ1) is 14.0. The Kier molecular flexibility index (Phi) is 5.13. The fourth-order valence-electron chi connectivity index (χ4n) is 1.30. The van der Waals surface area contributed by atoms with Crippen LogP contribution in [0.15, 0.2) is 24.3 Å². The van der Waals surface area contributed by atoms with Crippen LogP contribution in [-0.2, 0) is 0 Å². The standard InChI is InChI=1S/C12H17N3O3/c1-15(2)7-6-13-12(18)14-10-5-3-4-9(8-10)11(16)17/h3-5,8H,6-7H2,1-2H3,(H,16,17)(H2,13,14,18). The zero-order chi connectivity index (χ0) is 13.5. The minimum Gasteiger partial charge on any atom is -0.478 e. The van der Waals surface area contributed by atoms with Gasteiger partial charge in [0.15, 0.2) is 0 Å². The smallest absolute Gasteiger partial charge is 0.335 e. The average molecular weight is 251 g/mol. The number of carbonyl (C=O) groups is 2. The third kappa shape index (κ3) is 4.84. The van der Waals surface area contributed by atoms with Gasteiger partial charge in [-0.15, -0.1) is 0 Å². The second kappa shape index (κ2) is 6.61. The average Bonchev–Trinajstić information content (AvgIpc) is 2.28. The SMILES string of the molecule is CN(C)CCNC(=O)Nc1cccc(C(=O)O)c1. The molecule has 0 fully saturated rings. The fourth-order valence-corrected chi connectivity index (χ4v) is 1.30. The molecular weight excluding hydrogens is 234 g/mol. The number of carboxylic acid groups (broad SMARTS) is 1. The van der Waals surface area contributed by atoms with Gasteiger partial charge in [-0.3, -0.25) is 0 Å². The molecule has 0 saturated carbocycles. The lowest BCUT2D eigenvalue weighted by molar-refractivity contribution is 0.0697. The number of anilines is 1. The Labute approximate surface area is 106 Å². The van der Waals surface area contributed by atoms with Crippen LogP contribution in [0.4, 0.5) is 10.5 Å². The third-order valence-corrected chi connectivity index (χ3v) is 2.21. The molecule has 18 heavy (non-hydrogen) atoms. The summed E-state index contributed by atoms with van der Waals surface area (Å²) >= 11 is 0. The Morgan fingerprint density at radius 3 is 2.67 bits per heavy atom. The molecule has 1 aromatic carbocycles. The highest BCUT2D eigenvalue weighted by Crippen LogP contribution is 2.10. The van der Waals surface area contributed by atoms with E-state index in [0.29, 0.717) is 12.2 Å². The molecule has 6 nitrogen and oxygen atoms in total. The summed E-state index contributed by atoms with van der Waals surface area (Å²) in [4.78, 5) is 24.2. The largest absolute Gasteiger partial charge is 0.478 e. The van der Waals surface area contributed by atoms with Crippen LogP contribution in [0.5, 0.6) is 0 Å². The number of nitrogens with zero attached hydrogens (tertiary/aromatic N) is 1. The first-order chi connectivity index (χ1) is 8.49. The molecule has 0 aromatic heterocycles. The van der Waals surface area contributed by atoms with Gasteiger partial charge in [-0.1, -0.05) is 6.07 Å². The lowest BCUT2D eigenvalue weighted by Gasteiger charge is -2.11. The summed E-state index contributed by atoms with van der Waals surface area (Å²) < 4.78 is 0. The van der Waals surface area contributed by atoms with Crippen molar-refractivity contribution < 1.29 is 14.7 Å². The van der Waals surface area contributed by atoms with Crippen LogP contribution in [0.1, 0.15) is 10.4 Å². The van der Waals surface area contributed by atoms with Crippen LogP contribution >= 0.6 is 0 Å². The molecule has 0 atom stereocenters. The maximum atomic E-state index is 11.5. The van der Waals surface area contributed by atoms with Crippen molar-refractivity contribution in [2.24, 2.45) is 0 Å². The van der Waals surface area contributed by atoms with Gasteiger partial charge in [0, 0.05) is 18.8 Å². The number of aromatic carboxylic acids is 1. The number of hydrogen-bond donors (Lipinski definition) is 3. The van der Waals surface area contributed by atoms with Crippen LogP contribution in [0.3, 0.4) is 0 Å². The van der Waals surface area contributed by atoms with Crippen molar-refractivity contribution in [1.29, 1.82) is 0 Å². The van der Waals surface area contributed by atoms with Gasteiger partial charge in [0.05, 0.1) is 5.56 Å². The van der Waals surface area contributed by atoms with Gasteiger partial charge < -0.3 is 20.6 Å². The normalized spacial score (nSPS) is 10.2. The molecule has 2 amide bonds. The Balaban J connectivity index is 2.49. The summed E-state index contributed by atoms with van der Waals surface area (Å²) in [6, 6.07) is 5.75. The van der Waals surface area contributed by atoms with Crippen molar-refractivity contribution in [2.45, 2.75) is 0 Å². The molecular formula is C12H17N3O3. The predicted octanol–water partition coefficient (Wildman–Crippen LogP) is 1.07. The summed E-state index contributed by atoms with van der Waals surface area (Å²) in [5, 5.41) is 14.1. The number of hydrogen-bond acceptors (Lipinski definition) is 3. The van der Waals surface area contributed by atoms with Crippen LogP contribution < -0.4 is 10.6 Å². The maximum absolute atomic E-state index is 11.5. The minimum atomic E-state index is -1.02. The first-order valence-corrected chi connectivity index (χ1v) is 5.52. The molecule has 0 heterocycles. The number of nitrogens with one attached hydrogen (secondary N) is 2. The van der Waals surface area contributed by atoms with E-state index in [1.807, 2.05) is 19.0 Å². The van der Waals surface area contributed by atoms with Gasteiger partial charge >= 0.3 is 12.0 Å². The van der Waals surface area contributed by atoms with Gasteiger partial charge in [0.1, 0.15) is 0 Å². The second-order valence-corrected chi connectivity index (χ2v) is 4.07. The lowest BCUT2D eigenvalue weighted by Crippen LogP contribution is -2.34. The summed E-state index contributed by atoms with van der Waals surface area (Å²) in [5.41, 5.74) is 0.596. The van der Waals surface area contributed by atoms with Gasteiger partial charge in [0.25, 0.3) is 0 Å². The Morgan fingerprint density at radius 2 is 2.06 bits per heavy atom. The van der Waals surface area contributed by atoms with E-state index >= 15 is 0 Å². The van der Waals surface area contributed by atoms with Gasteiger partial charge in [0.2, 0.25) is 0 Å². The number of benzene rings is 1. The third-order valence-electron chi connectivity index (χ3n) is 2.21. The monoisotopic (exact) mass is 251 g/mol. The van der Waals surface area contributed by atoms with Crippen molar-refractivity contribution in [3.8, 4) is 0 Å². The van der Waals surface area contributed by atoms with E-state index in [-0.39, 0.29) is 11.6 Å². The zero-order valence-corrected chi connectivity index (χ0v) is 10.4. The number of carboxylic acids is 1. The van der Waals surface area contributed by atoms with Gasteiger partial charge in [-0.2, -0.15) is 0 Å². The highest BCUT2D eigenvalue weighted by Gasteiger charge is 2.05. The Morgan fingerprint density at radius 1 is 1.33 bits per heavy atom. The van der Waals surface area contributed by atoms with Crippen molar-refractivity contribution in [3.63, 3.8) is 0 Å². The zero-order valence-electron chi connectivity index (χ0n) is 10.4. The first-order valence-electron chi connectivity index (χ1n) is 5.52. The number of urea groups is 1. The summed E-state index contributed by atoms with van der Waals surface area (Å²) in [6.45, 7) is 1.26. The van der Waals surface area contributed by atoms with Crippen LogP contribution in [0.25, 0.3) is 0 Å². The minimum absolute atomic E-state index is 0.140. The van der Waals surface area contributed by atoms with Crippen molar-refractivity contribution in [2.75, 3.05) is 32.5 Å². The van der Waals surface area contributed by atoms with E-state index in [1.165, 1.54) is 12.1 Å². The molecule has 6 heteroatoms. The van der Waals surface area contributed by atoms with Crippen molar-refractivity contribution >= 4 is 17.7 Å². The topological polar surface area (TPSA) is 81.7 Å².